The van der Waals surface area contributed by atoms with E-state index in [-0.39, 0.29) is 11.5 Å². The summed E-state index contributed by atoms with van der Waals surface area (Å²) >= 11 is 7.64. The predicted octanol–water partition coefficient (Wildman–Crippen LogP) is 5.13. The van der Waals surface area contributed by atoms with Gasteiger partial charge in [-0.05, 0) is 37.3 Å². The van der Waals surface area contributed by atoms with Crippen molar-refractivity contribution >= 4 is 45.9 Å². The zero-order valence-electron chi connectivity index (χ0n) is 21.4. The van der Waals surface area contributed by atoms with Gasteiger partial charge in [0.05, 0.1) is 22.8 Å². The number of carbonyl (C=O) groups excluding carboxylic acids is 1. The molecule has 0 spiro atoms. The van der Waals surface area contributed by atoms with Crippen molar-refractivity contribution in [3.05, 3.63) is 116 Å². The highest BCUT2D eigenvalue weighted by molar-refractivity contribution is 7.07. The Morgan fingerprint density at radius 3 is 2.41 bits per heavy atom. The molecule has 39 heavy (non-hydrogen) atoms. The molecule has 0 N–H and O–H groups in total. The van der Waals surface area contributed by atoms with Gasteiger partial charge in [-0.1, -0.05) is 60.1 Å². The smallest absolute Gasteiger partial charge is 0.297 e. The number of halogens is 1. The van der Waals surface area contributed by atoms with Crippen LogP contribution in [0.4, 0.5) is 11.4 Å². The van der Waals surface area contributed by atoms with Gasteiger partial charge in [0.1, 0.15) is 0 Å². The van der Waals surface area contributed by atoms with Crippen LogP contribution in [0.15, 0.2) is 99.1 Å². The van der Waals surface area contributed by atoms with Crippen LogP contribution < -0.4 is 15.3 Å². The molecule has 1 aliphatic rings. The molecule has 0 saturated heterocycles. The molecule has 0 aliphatic carbocycles. The Labute approximate surface area is 233 Å². The van der Waals surface area contributed by atoms with E-state index >= 15 is 0 Å². The number of carbonyl (C=O) groups is 1. The van der Waals surface area contributed by atoms with Crippen LogP contribution in [0.25, 0.3) is 16.9 Å². The summed E-state index contributed by atoms with van der Waals surface area (Å²) in [7, 11) is 3.55. The van der Waals surface area contributed by atoms with Crippen molar-refractivity contribution in [3.8, 4) is 16.9 Å². The van der Waals surface area contributed by atoms with Crippen LogP contribution in [-0.4, -0.2) is 32.7 Å². The van der Waals surface area contributed by atoms with Crippen LogP contribution in [0, 0.1) is 6.92 Å². The molecule has 0 fully saturated rings. The molecular weight excluding hydrogens is 532 g/mol. The number of anilines is 1. The van der Waals surface area contributed by atoms with Crippen molar-refractivity contribution in [1.82, 2.24) is 14.0 Å². The molecule has 3 heterocycles. The van der Waals surface area contributed by atoms with E-state index in [1.807, 2.05) is 92.1 Å². The first-order valence-corrected chi connectivity index (χ1v) is 13.4. The molecule has 5 aromatic rings. The van der Waals surface area contributed by atoms with Crippen LogP contribution in [0.1, 0.15) is 11.3 Å². The summed E-state index contributed by atoms with van der Waals surface area (Å²) in [5, 5.41) is 7.31. The molecule has 2 aromatic heterocycles. The molecule has 3 aromatic carbocycles. The second-order valence-electron chi connectivity index (χ2n) is 9.08. The Morgan fingerprint density at radius 2 is 1.64 bits per heavy atom. The number of nitrogens with zero attached hydrogens (tertiary/aromatic N) is 6. The van der Waals surface area contributed by atoms with Crippen LogP contribution in [0.5, 0.6) is 0 Å². The van der Waals surface area contributed by atoms with Crippen molar-refractivity contribution in [2.24, 2.45) is 17.1 Å². The third-order valence-electron chi connectivity index (χ3n) is 6.76. The number of amides is 1. The Kier molecular flexibility index (Phi) is 6.17. The minimum Gasteiger partial charge on any atom is -0.309 e. The van der Waals surface area contributed by atoms with Gasteiger partial charge in [-0.15, -0.1) is 11.3 Å². The fraction of sp³-hybridized carbons (Fsp3) is 0.103. The monoisotopic (exact) mass is 554 g/mol. The zero-order chi connectivity index (χ0) is 27.3. The lowest BCUT2D eigenvalue weighted by Crippen LogP contribution is -2.27. The number of rotatable bonds is 4. The lowest BCUT2D eigenvalue weighted by Gasteiger charge is -2.08. The van der Waals surface area contributed by atoms with E-state index in [9.17, 15) is 9.59 Å². The molecule has 10 heteroatoms. The highest BCUT2D eigenvalue weighted by atomic mass is 35.5. The van der Waals surface area contributed by atoms with E-state index in [0.717, 1.165) is 22.5 Å². The van der Waals surface area contributed by atoms with Crippen molar-refractivity contribution in [2.45, 2.75) is 6.92 Å². The van der Waals surface area contributed by atoms with E-state index in [1.165, 1.54) is 11.3 Å². The van der Waals surface area contributed by atoms with Gasteiger partial charge >= 0.3 is 0 Å². The van der Waals surface area contributed by atoms with Crippen molar-refractivity contribution in [3.63, 3.8) is 0 Å². The summed E-state index contributed by atoms with van der Waals surface area (Å²) in [6, 6.07) is 24.3. The van der Waals surface area contributed by atoms with Gasteiger partial charge in [0.25, 0.3) is 11.5 Å². The average molecular weight is 555 g/mol. The third kappa shape index (κ3) is 4.16. The average Bonchev–Trinajstić information content (AvgIpc) is 3.52. The number of para-hydroxylation sites is 2. The summed E-state index contributed by atoms with van der Waals surface area (Å²) in [6.07, 6.45) is 0. The van der Waals surface area contributed by atoms with E-state index in [1.54, 1.807) is 32.1 Å². The van der Waals surface area contributed by atoms with Gasteiger partial charge in [0, 0.05) is 35.6 Å². The predicted molar refractivity (Wildman–Crippen MR) is 156 cm³/mol. The summed E-state index contributed by atoms with van der Waals surface area (Å²) < 4.78 is 4.99. The van der Waals surface area contributed by atoms with E-state index < -0.39 is 0 Å². The minimum atomic E-state index is -0.250. The minimum absolute atomic E-state index is 0.222. The summed E-state index contributed by atoms with van der Waals surface area (Å²) in [4.78, 5) is 33.7. The molecule has 0 unspecified atom stereocenters. The number of aromatic nitrogens is 3. The number of hydrogen-bond donors (Lipinski definition) is 0. The SMILES string of the molecule is Cc1c(N=c2scc(-c3cccc(Cl)c3)n2N=C2C(=O)N(C)c3ccccc32)c(=O)n(-c2ccccc2)n1C. The molecule has 6 rings (SSSR count). The lowest BCUT2D eigenvalue weighted by molar-refractivity contribution is -0.112. The summed E-state index contributed by atoms with van der Waals surface area (Å²) in [5.41, 5.74) is 4.80. The zero-order valence-corrected chi connectivity index (χ0v) is 22.9. The van der Waals surface area contributed by atoms with Crippen LogP contribution in [0.3, 0.4) is 0 Å². The number of fused-ring (bicyclic) bond motifs is 1. The molecule has 1 amide bonds. The summed E-state index contributed by atoms with van der Waals surface area (Å²) in [5.74, 6) is -0.222. The van der Waals surface area contributed by atoms with Crippen molar-refractivity contribution in [1.29, 1.82) is 0 Å². The normalized spacial score (nSPS) is 14.5. The summed E-state index contributed by atoms with van der Waals surface area (Å²) in [6.45, 7) is 1.85. The second kappa shape index (κ2) is 9.68. The Hall–Kier alpha value is -4.47. The molecule has 1 aliphatic heterocycles. The van der Waals surface area contributed by atoms with Gasteiger partial charge < -0.3 is 4.90 Å². The molecule has 0 saturated carbocycles. The first-order chi connectivity index (χ1) is 18.8. The number of thiazole rings is 1. The van der Waals surface area contributed by atoms with E-state index in [4.69, 9.17) is 21.7 Å². The second-order valence-corrected chi connectivity index (χ2v) is 10.4. The quantitative estimate of drug-likeness (QED) is 0.309. The maximum Gasteiger partial charge on any atom is 0.297 e. The van der Waals surface area contributed by atoms with Gasteiger partial charge in [-0.2, -0.15) is 5.10 Å². The van der Waals surface area contributed by atoms with Gasteiger partial charge in [0.15, 0.2) is 11.4 Å². The lowest BCUT2D eigenvalue weighted by atomic mass is 10.1. The molecule has 8 nitrogen and oxygen atoms in total. The Balaban J connectivity index is 1.61. The Morgan fingerprint density at radius 1 is 0.897 bits per heavy atom. The van der Waals surface area contributed by atoms with E-state index in [0.29, 0.717) is 32.6 Å². The molecular formula is C29H23ClN6O2S. The standard InChI is InChI=1S/C29H23ClN6O2S/c1-18-25(28(38)36(34(18)3)21-12-5-4-6-13-21)31-29-35(24(17-39-29)19-10-9-11-20(30)16-19)32-26-22-14-7-8-15-23(22)33(2)27(26)37/h4-17H,1-3H3. The van der Waals surface area contributed by atoms with Gasteiger partial charge in [-0.3, -0.25) is 14.3 Å². The molecule has 194 valence electrons. The van der Waals surface area contributed by atoms with E-state index in [2.05, 4.69) is 0 Å². The Bertz CT molecular complexity index is 1910. The van der Waals surface area contributed by atoms with Crippen LogP contribution >= 0.6 is 22.9 Å². The van der Waals surface area contributed by atoms with Crippen LogP contribution in [-0.2, 0) is 11.8 Å². The highest BCUT2D eigenvalue weighted by Crippen LogP contribution is 2.29. The maximum absolute atomic E-state index is 13.6. The largest absolute Gasteiger partial charge is 0.309 e. The fourth-order valence-corrected chi connectivity index (χ4v) is 5.67. The van der Waals surface area contributed by atoms with Gasteiger partial charge in [-0.25, -0.2) is 14.4 Å². The first kappa shape index (κ1) is 24.8. The highest BCUT2D eigenvalue weighted by Gasteiger charge is 2.31. The fourth-order valence-electron chi connectivity index (χ4n) is 4.64. The molecule has 0 bridgehead atoms. The van der Waals surface area contributed by atoms with Crippen molar-refractivity contribution in [2.75, 3.05) is 11.9 Å². The molecule has 0 atom stereocenters. The topological polar surface area (TPSA) is 76.9 Å². The number of hydrogen-bond acceptors (Lipinski definition) is 5. The first-order valence-electron chi connectivity index (χ1n) is 12.2. The number of benzene rings is 3. The number of likely N-dealkylation sites (N-methyl/N-ethyl adjacent to an activating group) is 1. The third-order valence-corrected chi connectivity index (χ3v) is 7.82. The molecule has 0 radical (unpaired) electrons. The maximum atomic E-state index is 13.6. The van der Waals surface area contributed by atoms with Crippen LogP contribution in [0.2, 0.25) is 5.02 Å². The van der Waals surface area contributed by atoms with Gasteiger partial charge in [0.2, 0.25) is 4.80 Å². The van der Waals surface area contributed by atoms with Crippen molar-refractivity contribution < 1.29 is 4.79 Å².